The zero-order chi connectivity index (χ0) is 20.7. The van der Waals surface area contributed by atoms with Crippen molar-refractivity contribution in [2.75, 3.05) is 6.61 Å². The standard InChI is InChI=1S/C26H50O2/c1-4-5-6-7-8-9-10-11-12-13-14-15-16-17-18-19-20-21-22-23-24-28-26(3)25(2)27/h3-24H2,1-2H3. The highest BCUT2D eigenvalue weighted by atomic mass is 16.5. The van der Waals surface area contributed by atoms with Gasteiger partial charge in [-0.2, -0.15) is 0 Å². The Bertz CT molecular complexity index is 348. The van der Waals surface area contributed by atoms with Crippen molar-refractivity contribution in [1.29, 1.82) is 0 Å². The van der Waals surface area contributed by atoms with Crippen LogP contribution >= 0.6 is 0 Å². The van der Waals surface area contributed by atoms with Gasteiger partial charge in [0.1, 0.15) is 0 Å². The van der Waals surface area contributed by atoms with Crippen LogP contribution in [-0.4, -0.2) is 12.4 Å². The Kier molecular flexibility index (Phi) is 21.9. The first-order valence-electron chi connectivity index (χ1n) is 12.5. The van der Waals surface area contributed by atoms with E-state index in [-0.39, 0.29) is 5.78 Å². The minimum atomic E-state index is -0.0619. The van der Waals surface area contributed by atoms with Gasteiger partial charge in [-0.3, -0.25) is 4.79 Å². The Labute approximate surface area is 176 Å². The van der Waals surface area contributed by atoms with E-state index in [4.69, 9.17) is 4.74 Å². The van der Waals surface area contributed by atoms with Crippen LogP contribution in [0.1, 0.15) is 142 Å². The molecule has 0 rings (SSSR count). The smallest absolute Gasteiger partial charge is 0.193 e. The van der Waals surface area contributed by atoms with Gasteiger partial charge in [-0.05, 0) is 6.42 Å². The molecule has 2 heteroatoms. The molecule has 0 bridgehead atoms. The molecule has 0 aliphatic carbocycles. The molecule has 0 aromatic heterocycles. The summed E-state index contributed by atoms with van der Waals surface area (Å²) in [5.74, 6) is 0.242. The van der Waals surface area contributed by atoms with Crippen LogP contribution in [0, 0.1) is 0 Å². The van der Waals surface area contributed by atoms with Crippen molar-refractivity contribution in [3.63, 3.8) is 0 Å². The fourth-order valence-corrected chi connectivity index (χ4v) is 3.65. The molecule has 0 aromatic carbocycles. The fraction of sp³-hybridized carbons (Fsp3) is 0.885. The molecule has 0 radical (unpaired) electrons. The van der Waals surface area contributed by atoms with Crippen molar-refractivity contribution in [2.45, 2.75) is 142 Å². The maximum Gasteiger partial charge on any atom is 0.193 e. The second-order valence-corrected chi connectivity index (χ2v) is 8.55. The second-order valence-electron chi connectivity index (χ2n) is 8.55. The van der Waals surface area contributed by atoms with Crippen LogP contribution in [0.5, 0.6) is 0 Å². The van der Waals surface area contributed by atoms with E-state index in [0.717, 1.165) is 6.42 Å². The van der Waals surface area contributed by atoms with Crippen LogP contribution in [0.25, 0.3) is 0 Å². The Morgan fingerprint density at radius 3 is 1.14 bits per heavy atom. The van der Waals surface area contributed by atoms with Gasteiger partial charge in [-0.25, -0.2) is 0 Å². The van der Waals surface area contributed by atoms with Gasteiger partial charge in [0.25, 0.3) is 0 Å². The maximum absolute atomic E-state index is 11.0. The van der Waals surface area contributed by atoms with Crippen molar-refractivity contribution < 1.29 is 9.53 Å². The molecule has 28 heavy (non-hydrogen) atoms. The molecular weight excluding hydrogens is 344 g/mol. The van der Waals surface area contributed by atoms with Crippen molar-refractivity contribution in [1.82, 2.24) is 0 Å². The van der Waals surface area contributed by atoms with Crippen LogP contribution in [0.2, 0.25) is 0 Å². The van der Waals surface area contributed by atoms with Crippen LogP contribution in [0.4, 0.5) is 0 Å². The molecule has 166 valence electrons. The highest BCUT2D eigenvalue weighted by molar-refractivity contribution is 5.90. The summed E-state index contributed by atoms with van der Waals surface area (Å²) in [6.07, 6.45) is 27.8. The van der Waals surface area contributed by atoms with E-state index in [1.54, 1.807) is 0 Å². The molecule has 0 aliphatic heterocycles. The number of hydrogen-bond donors (Lipinski definition) is 0. The average Bonchev–Trinajstić information content (AvgIpc) is 2.68. The molecule has 0 saturated heterocycles. The lowest BCUT2D eigenvalue weighted by Gasteiger charge is -2.06. The summed E-state index contributed by atoms with van der Waals surface area (Å²) in [5, 5.41) is 0. The van der Waals surface area contributed by atoms with Gasteiger partial charge < -0.3 is 4.74 Å². The number of hydrogen-bond acceptors (Lipinski definition) is 2. The lowest BCUT2D eigenvalue weighted by molar-refractivity contribution is -0.116. The van der Waals surface area contributed by atoms with Crippen LogP contribution in [0.15, 0.2) is 12.3 Å². The lowest BCUT2D eigenvalue weighted by Crippen LogP contribution is -2.01. The van der Waals surface area contributed by atoms with E-state index < -0.39 is 0 Å². The van der Waals surface area contributed by atoms with Crippen molar-refractivity contribution in [3.05, 3.63) is 12.3 Å². The van der Waals surface area contributed by atoms with Gasteiger partial charge in [0.2, 0.25) is 0 Å². The minimum absolute atomic E-state index is 0.0619. The Hall–Kier alpha value is -0.790. The molecule has 0 N–H and O–H groups in total. The molecular formula is C26H50O2. The molecule has 0 amide bonds. The summed E-state index contributed by atoms with van der Waals surface area (Å²) in [7, 11) is 0. The molecule has 2 nitrogen and oxygen atoms in total. The predicted octanol–water partition coefficient (Wildman–Crippen LogP) is 8.93. The number of carbonyl (C=O) groups excluding carboxylic acids is 1. The molecule has 0 fully saturated rings. The first kappa shape index (κ1) is 27.2. The van der Waals surface area contributed by atoms with Crippen LogP contribution < -0.4 is 0 Å². The third kappa shape index (κ3) is 21.5. The third-order valence-electron chi connectivity index (χ3n) is 5.67. The fourth-order valence-electron chi connectivity index (χ4n) is 3.65. The van der Waals surface area contributed by atoms with Crippen LogP contribution in [0.3, 0.4) is 0 Å². The van der Waals surface area contributed by atoms with Crippen LogP contribution in [-0.2, 0) is 9.53 Å². The summed E-state index contributed by atoms with van der Waals surface area (Å²) < 4.78 is 5.30. The zero-order valence-electron chi connectivity index (χ0n) is 19.4. The maximum atomic E-state index is 11.0. The largest absolute Gasteiger partial charge is 0.491 e. The molecule has 0 atom stereocenters. The minimum Gasteiger partial charge on any atom is -0.491 e. The van der Waals surface area contributed by atoms with Crippen molar-refractivity contribution >= 4 is 5.78 Å². The molecule has 0 unspecified atom stereocenters. The van der Waals surface area contributed by atoms with Gasteiger partial charge in [0, 0.05) is 6.92 Å². The van der Waals surface area contributed by atoms with Gasteiger partial charge >= 0.3 is 0 Å². The quantitative estimate of drug-likeness (QED) is 0.0981. The van der Waals surface area contributed by atoms with E-state index >= 15 is 0 Å². The van der Waals surface area contributed by atoms with E-state index in [1.807, 2.05) is 0 Å². The number of ether oxygens (including phenoxy) is 1. The van der Waals surface area contributed by atoms with Gasteiger partial charge in [-0.15, -0.1) is 0 Å². The molecule has 0 saturated carbocycles. The summed E-state index contributed by atoms with van der Waals surface area (Å²) in [6.45, 7) is 8.03. The number of allylic oxidation sites excluding steroid dienone is 1. The van der Waals surface area contributed by atoms with Crippen molar-refractivity contribution in [2.24, 2.45) is 0 Å². The molecule has 0 aliphatic rings. The van der Waals surface area contributed by atoms with Crippen molar-refractivity contribution in [3.8, 4) is 0 Å². The van der Waals surface area contributed by atoms with E-state index in [0.29, 0.717) is 12.4 Å². The monoisotopic (exact) mass is 394 g/mol. The second kappa shape index (κ2) is 22.5. The molecule has 0 spiro atoms. The normalized spacial score (nSPS) is 10.9. The number of rotatable bonds is 23. The highest BCUT2D eigenvalue weighted by Crippen LogP contribution is 2.14. The lowest BCUT2D eigenvalue weighted by atomic mass is 10.0. The summed E-state index contributed by atoms with van der Waals surface area (Å²) in [6, 6.07) is 0. The number of ketones is 1. The first-order valence-corrected chi connectivity index (χ1v) is 12.5. The predicted molar refractivity (Wildman–Crippen MR) is 124 cm³/mol. The van der Waals surface area contributed by atoms with E-state index in [1.165, 1.54) is 129 Å². The number of Topliss-reactive ketones (excluding diaryl/α,β-unsaturated/α-hetero) is 1. The number of carbonyl (C=O) groups is 1. The van der Waals surface area contributed by atoms with E-state index in [2.05, 4.69) is 13.5 Å². The van der Waals surface area contributed by atoms with E-state index in [9.17, 15) is 4.79 Å². The van der Waals surface area contributed by atoms with Gasteiger partial charge in [-0.1, -0.05) is 135 Å². The Balaban J connectivity index is 3.05. The average molecular weight is 395 g/mol. The molecule has 0 heterocycles. The number of unbranched alkanes of at least 4 members (excludes halogenated alkanes) is 19. The van der Waals surface area contributed by atoms with Gasteiger partial charge in [0.05, 0.1) is 6.61 Å². The summed E-state index contributed by atoms with van der Waals surface area (Å²) in [4.78, 5) is 11.0. The summed E-state index contributed by atoms with van der Waals surface area (Å²) in [5.41, 5.74) is 0. The third-order valence-corrected chi connectivity index (χ3v) is 5.67. The first-order chi connectivity index (χ1) is 13.7. The zero-order valence-corrected chi connectivity index (χ0v) is 19.4. The Morgan fingerprint density at radius 1 is 0.571 bits per heavy atom. The summed E-state index contributed by atoms with van der Waals surface area (Å²) >= 11 is 0. The topological polar surface area (TPSA) is 26.3 Å². The SMILES string of the molecule is C=C(OCCCCCCCCCCCCCCCCCCCCCC)C(C)=O. The Morgan fingerprint density at radius 2 is 0.857 bits per heavy atom. The molecule has 0 aromatic rings. The van der Waals surface area contributed by atoms with Gasteiger partial charge in [0.15, 0.2) is 11.5 Å². The highest BCUT2D eigenvalue weighted by Gasteiger charge is 2.00.